The van der Waals surface area contributed by atoms with Gasteiger partial charge in [-0.15, -0.1) is 0 Å². The number of unbranched alkanes of at least 4 members (excludes halogenated alkanes) is 26. The Morgan fingerprint density at radius 3 is 1.40 bits per heavy atom. The second-order valence-electron chi connectivity index (χ2n) is 18.9. The van der Waals surface area contributed by atoms with E-state index in [0.29, 0.717) is 17.4 Å². The van der Waals surface area contributed by atoms with Crippen LogP contribution in [-0.4, -0.2) is 73.4 Å². The topological polar surface area (TPSA) is 105 Å². The molecule has 0 aliphatic carbocycles. The molecule has 9 heteroatoms. The molecular weight excluding hydrogens is 804 g/mol. The van der Waals surface area contributed by atoms with Gasteiger partial charge in [-0.25, -0.2) is 4.57 Å². The van der Waals surface area contributed by atoms with Gasteiger partial charge >= 0.3 is 7.82 Å². The summed E-state index contributed by atoms with van der Waals surface area (Å²) in [6.45, 7) is 4.68. The molecule has 0 radical (unpaired) electrons. The van der Waals surface area contributed by atoms with Crippen LogP contribution in [0.15, 0.2) is 60.8 Å². The molecule has 0 heterocycles. The van der Waals surface area contributed by atoms with E-state index in [1.807, 2.05) is 27.2 Å². The van der Waals surface area contributed by atoms with Gasteiger partial charge in [0, 0.05) is 6.42 Å². The predicted octanol–water partition coefficient (Wildman–Crippen LogP) is 15.4. The summed E-state index contributed by atoms with van der Waals surface area (Å²) in [5.41, 5.74) is 0. The van der Waals surface area contributed by atoms with E-state index in [1.165, 1.54) is 141 Å². The predicted molar refractivity (Wildman–Crippen MR) is 272 cm³/mol. The van der Waals surface area contributed by atoms with Gasteiger partial charge in [-0.2, -0.15) is 0 Å². The van der Waals surface area contributed by atoms with Crippen LogP contribution < -0.4 is 5.32 Å². The number of allylic oxidation sites excluding steroid dienone is 9. The maximum Gasteiger partial charge on any atom is 0.472 e. The zero-order valence-electron chi connectivity index (χ0n) is 41.8. The fourth-order valence-corrected chi connectivity index (χ4v) is 8.12. The number of phosphoric ester groups is 1. The van der Waals surface area contributed by atoms with Crippen LogP contribution in [0, 0.1) is 0 Å². The molecule has 0 saturated heterocycles. The van der Waals surface area contributed by atoms with Crippen LogP contribution in [0.2, 0.25) is 0 Å². The van der Waals surface area contributed by atoms with E-state index in [4.69, 9.17) is 9.05 Å². The summed E-state index contributed by atoms with van der Waals surface area (Å²) in [5.74, 6) is -0.179. The lowest BCUT2D eigenvalue weighted by molar-refractivity contribution is -0.870. The highest BCUT2D eigenvalue weighted by Crippen LogP contribution is 2.43. The van der Waals surface area contributed by atoms with Gasteiger partial charge in [-0.3, -0.25) is 13.8 Å². The smallest absolute Gasteiger partial charge is 0.387 e. The van der Waals surface area contributed by atoms with Gasteiger partial charge in [0.2, 0.25) is 5.91 Å². The number of carbonyl (C=O) groups is 1. The first-order chi connectivity index (χ1) is 30.5. The highest BCUT2D eigenvalue weighted by atomic mass is 31.2. The highest BCUT2D eigenvalue weighted by molar-refractivity contribution is 7.47. The lowest BCUT2D eigenvalue weighted by Gasteiger charge is -2.25. The Morgan fingerprint density at radius 1 is 0.556 bits per heavy atom. The fraction of sp³-hybridized carbons (Fsp3) is 0.796. The van der Waals surface area contributed by atoms with Crippen LogP contribution in [0.25, 0.3) is 0 Å². The van der Waals surface area contributed by atoms with Crippen LogP contribution in [-0.2, 0) is 18.4 Å². The summed E-state index contributed by atoms with van der Waals surface area (Å²) >= 11 is 0. The van der Waals surface area contributed by atoms with E-state index in [2.05, 4.69) is 67.8 Å². The van der Waals surface area contributed by atoms with Crippen molar-refractivity contribution in [2.24, 2.45) is 0 Å². The van der Waals surface area contributed by atoms with Crippen molar-refractivity contribution in [1.82, 2.24) is 5.32 Å². The van der Waals surface area contributed by atoms with Crippen molar-refractivity contribution in [3.8, 4) is 0 Å². The van der Waals surface area contributed by atoms with Gasteiger partial charge in [-0.1, -0.05) is 222 Å². The maximum atomic E-state index is 12.9. The SMILES string of the molecule is CC/C=C\C/C=C\C/C=C\C/C=C\CCCCCCCCCCCCCCCCCCCCC(=O)NC(COP(=O)(O)OCC[N+](C)(C)C)C(O)/C=C/CCCCCCCCCC. The largest absolute Gasteiger partial charge is 0.472 e. The third-order valence-corrected chi connectivity index (χ3v) is 12.5. The Kier molecular flexibility index (Phi) is 44.1. The Labute approximate surface area is 390 Å². The van der Waals surface area contributed by atoms with Crippen molar-refractivity contribution in [1.29, 1.82) is 0 Å². The summed E-state index contributed by atoms with van der Waals surface area (Å²) in [7, 11) is 1.57. The average Bonchev–Trinajstić information content (AvgIpc) is 3.24. The number of hydrogen-bond acceptors (Lipinski definition) is 5. The molecule has 0 bridgehead atoms. The van der Waals surface area contributed by atoms with Crippen molar-refractivity contribution in [3.63, 3.8) is 0 Å². The molecule has 0 rings (SSSR count). The molecule has 0 aromatic carbocycles. The third kappa shape index (κ3) is 48.0. The zero-order valence-corrected chi connectivity index (χ0v) is 42.7. The highest BCUT2D eigenvalue weighted by Gasteiger charge is 2.27. The molecule has 0 aromatic heterocycles. The zero-order chi connectivity index (χ0) is 46.4. The Bertz CT molecular complexity index is 1210. The summed E-state index contributed by atoms with van der Waals surface area (Å²) in [6, 6.07) is -0.845. The standard InChI is InChI=1S/C54H101N2O6P/c1-6-8-10-12-14-16-18-19-20-21-22-23-24-25-26-27-28-29-30-31-32-33-34-35-36-37-38-40-42-44-46-48-54(58)55-52(51-62-63(59,60)61-50-49-56(3,4)5)53(57)47-45-43-41-39-17-15-13-11-9-7-2/h8,10,14,16,19-20,22-23,45,47,52-53,57H,6-7,9,11-13,15,17-18,21,24-44,46,48-51H2,1-5H3,(H-,55,58,59,60)/p+1/b10-8-,16-14-,20-19-,23-22-,47-45+. The number of quaternary nitrogens is 1. The normalized spacial score (nSPS) is 14.6. The van der Waals surface area contributed by atoms with Crippen molar-refractivity contribution >= 4 is 13.7 Å². The molecule has 0 saturated carbocycles. The maximum absolute atomic E-state index is 12.9. The molecule has 368 valence electrons. The van der Waals surface area contributed by atoms with E-state index in [0.717, 1.165) is 64.2 Å². The second kappa shape index (κ2) is 45.4. The fourth-order valence-electron chi connectivity index (χ4n) is 7.39. The third-order valence-electron chi connectivity index (χ3n) is 11.5. The van der Waals surface area contributed by atoms with Gasteiger partial charge in [-0.05, 0) is 57.8 Å². The minimum absolute atomic E-state index is 0.0610. The Balaban J connectivity index is 4.01. The summed E-state index contributed by atoms with van der Waals surface area (Å²) in [6.07, 6.45) is 60.4. The van der Waals surface area contributed by atoms with Crippen LogP contribution in [0.4, 0.5) is 0 Å². The number of hydrogen-bond donors (Lipinski definition) is 3. The van der Waals surface area contributed by atoms with E-state index in [9.17, 15) is 19.4 Å². The van der Waals surface area contributed by atoms with Gasteiger partial charge in [0.25, 0.3) is 0 Å². The number of nitrogens with zero attached hydrogens (tertiary/aromatic N) is 1. The summed E-state index contributed by atoms with van der Waals surface area (Å²) < 4.78 is 23.6. The number of rotatable bonds is 47. The molecule has 0 aliphatic rings. The van der Waals surface area contributed by atoms with E-state index in [1.54, 1.807) is 6.08 Å². The number of aliphatic hydroxyl groups is 1. The molecule has 3 unspecified atom stereocenters. The minimum Gasteiger partial charge on any atom is -0.387 e. The van der Waals surface area contributed by atoms with E-state index < -0.39 is 20.0 Å². The van der Waals surface area contributed by atoms with Crippen molar-refractivity contribution in [2.75, 3.05) is 40.9 Å². The molecule has 3 atom stereocenters. The number of likely N-dealkylation sites (N-methyl/N-ethyl adjacent to an activating group) is 1. The quantitative estimate of drug-likeness (QED) is 0.0243. The molecule has 0 spiro atoms. The number of nitrogens with one attached hydrogen (secondary N) is 1. The van der Waals surface area contributed by atoms with Crippen LogP contribution in [0.3, 0.4) is 0 Å². The average molecular weight is 906 g/mol. The number of carbonyl (C=O) groups excluding carboxylic acids is 1. The van der Waals surface area contributed by atoms with Crippen molar-refractivity contribution in [3.05, 3.63) is 60.8 Å². The van der Waals surface area contributed by atoms with Crippen molar-refractivity contribution < 1.29 is 32.9 Å². The number of aliphatic hydroxyl groups excluding tert-OH is 1. The van der Waals surface area contributed by atoms with Crippen LogP contribution >= 0.6 is 7.82 Å². The monoisotopic (exact) mass is 906 g/mol. The molecule has 0 aromatic rings. The first kappa shape index (κ1) is 61.2. The first-order valence-electron chi connectivity index (χ1n) is 26.2. The van der Waals surface area contributed by atoms with E-state index >= 15 is 0 Å². The van der Waals surface area contributed by atoms with Gasteiger partial charge < -0.3 is 19.8 Å². The Morgan fingerprint density at radius 2 is 0.952 bits per heavy atom. The molecular formula is C54H102N2O6P+. The molecule has 0 fully saturated rings. The van der Waals surface area contributed by atoms with Gasteiger partial charge in [0.1, 0.15) is 13.2 Å². The van der Waals surface area contributed by atoms with Crippen LogP contribution in [0.1, 0.15) is 226 Å². The molecule has 3 N–H and O–H groups in total. The van der Waals surface area contributed by atoms with E-state index in [-0.39, 0.29) is 19.1 Å². The second-order valence-corrected chi connectivity index (χ2v) is 20.3. The Hall–Kier alpha value is -1.80. The summed E-state index contributed by atoms with van der Waals surface area (Å²) in [4.78, 5) is 23.2. The molecule has 0 aliphatic heterocycles. The van der Waals surface area contributed by atoms with Gasteiger partial charge in [0.15, 0.2) is 0 Å². The number of phosphoric acid groups is 1. The lowest BCUT2D eigenvalue weighted by atomic mass is 10.0. The molecule has 1 amide bonds. The van der Waals surface area contributed by atoms with Crippen molar-refractivity contribution in [2.45, 2.75) is 238 Å². The minimum atomic E-state index is -4.34. The van der Waals surface area contributed by atoms with Crippen LogP contribution in [0.5, 0.6) is 0 Å². The van der Waals surface area contributed by atoms with Gasteiger partial charge in [0.05, 0.1) is 39.9 Å². The first-order valence-corrected chi connectivity index (χ1v) is 27.7. The molecule has 63 heavy (non-hydrogen) atoms. The lowest BCUT2D eigenvalue weighted by Crippen LogP contribution is -2.45. The number of amides is 1. The molecule has 8 nitrogen and oxygen atoms in total. The summed E-state index contributed by atoms with van der Waals surface area (Å²) in [5, 5.41) is 13.8.